The molecular weight excluding hydrogens is 386 g/mol. The lowest BCUT2D eigenvalue weighted by atomic mass is 9.66. The summed E-state index contributed by atoms with van der Waals surface area (Å²) in [5.41, 5.74) is 5.50. The minimum Gasteiger partial charge on any atom is -0.412 e. The lowest BCUT2D eigenvalue weighted by Gasteiger charge is -2.42. The number of hydrogen-bond acceptors (Lipinski definition) is 4. The number of rotatable bonds is 1. The SMILES string of the molecule is COC1OCCC23CCCCCCCCCCCCC(C)(C)CC4=C(ON2)C3CC1C4. The van der Waals surface area contributed by atoms with Gasteiger partial charge in [-0.1, -0.05) is 78.1 Å². The van der Waals surface area contributed by atoms with E-state index in [1.165, 1.54) is 88.4 Å². The highest BCUT2D eigenvalue weighted by atomic mass is 16.7. The molecule has 2 heterocycles. The van der Waals surface area contributed by atoms with Gasteiger partial charge < -0.3 is 14.3 Å². The van der Waals surface area contributed by atoms with Crippen LogP contribution < -0.4 is 5.48 Å². The van der Waals surface area contributed by atoms with E-state index in [0.29, 0.717) is 17.3 Å². The Morgan fingerprint density at radius 3 is 2.19 bits per heavy atom. The third-order valence-corrected chi connectivity index (χ3v) is 8.61. The molecule has 0 spiro atoms. The third kappa shape index (κ3) is 5.68. The van der Waals surface area contributed by atoms with Crippen LogP contribution in [0, 0.1) is 17.3 Å². The van der Waals surface area contributed by atoms with Crippen LogP contribution in [-0.4, -0.2) is 25.5 Å². The molecule has 4 nitrogen and oxygen atoms in total. The normalized spacial score (nSPS) is 38.0. The zero-order valence-electron chi connectivity index (χ0n) is 20.5. The molecule has 2 fully saturated rings. The van der Waals surface area contributed by atoms with Gasteiger partial charge in [0, 0.05) is 18.9 Å². The molecule has 0 amide bonds. The van der Waals surface area contributed by atoms with Gasteiger partial charge in [-0.15, -0.1) is 0 Å². The van der Waals surface area contributed by atoms with Crippen LogP contribution in [-0.2, 0) is 14.3 Å². The first-order valence-corrected chi connectivity index (χ1v) is 13.3. The second kappa shape index (κ2) is 10.6. The van der Waals surface area contributed by atoms with Gasteiger partial charge in [-0.2, -0.15) is 5.48 Å². The van der Waals surface area contributed by atoms with E-state index in [1.807, 2.05) is 7.11 Å². The Hall–Kier alpha value is -0.580. The van der Waals surface area contributed by atoms with E-state index in [9.17, 15) is 0 Å². The van der Waals surface area contributed by atoms with Gasteiger partial charge in [-0.05, 0) is 49.5 Å². The molecule has 0 saturated carbocycles. The minimum atomic E-state index is -0.0730. The number of ether oxygens (including phenoxy) is 2. The van der Waals surface area contributed by atoms with E-state index in [-0.39, 0.29) is 11.8 Å². The molecule has 2 aliphatic heterocycles. The van der Waals surface area contributed by atoms with Crippen molar-refractivity contribution in [1.29, 1.82) is 0 Å². The quantitative estimate of drug-likeness (QED) is 0.481. The Morgan fingerprint density at radius 1 is 0.871 bits per heavy atom. The Kier molecular flexibility index (Phi) is 8.04. The van der Waals surface area contributed by atoms with Crippen molar-refractivity contribution in [3.05, 3.63) is 11.3 Å². The fourth-order valence-electron chi connectivity index (χ4n) is 6.82. The van der Waals surface area contributed by atoms with Crippen LogP contribution in [0.5, 0.6) is 0 Å². The van der Waals surface area contributed by atoms with Crippen molar-refractivity contribution in [2.24, 2.45) is 17.3 Å². The maximum absolute atomic E-state index is 6.38. The first-order chi connectivity index (χ1) is 15.0. The molecule has 4 heteroatoms. The second-order valence-electron chi connectivity index (χ2n) is 11.7. The van der Waals surface area contributed by atoms with E-state index >= 15 is 0 Å². The van der Waals surface area contributed by atoms with Crippen LogP contribution >= 0.6 is 0 Å². The van der Waals surface area contributed by atoms with E-state index in [4.69, 9.17) is 14.3 Å². The Morgan fingerprint density at radius 2 is 1.52 bits per heavy atom. The topological polar surface area (TPSA) is 39.7 Å². The number of fused-ring (bicyclic) bond motifs is 1. The predicted molar refractivity (Wildman–Crippen MR) is 125 cm³/mol. The molecule has 1 N–H and O–H groups in total. The number of hydrogen-bond donors (Lipinski definition) is 1. The summed E-state index contributed by atoms with van der Waals surface area (Å²) in [6.45, 7) is 5.68. The van der Waals surface area contributed by atoms with Gasteiger partial charge in [0.2, 0.25) is 0 Å². The third-order valence-electron chi connectivity index (χ3n) is 8.61. The first kappa shape index (κ1) is 23.6. The maximum atomic E-state index is 6.38. The zero-order chi connectivity index (χ0) is 21.7. The van der Waals surface area contributed by atoms with Crippen molar-refractivity contribution in [3.8, 4) is 0 Å². The molecule has 2 saturated heterocycles. The van der Waals surface area contributed by atoms with E-state index in [2.05, 4.69) is 19.3 Å². The Bertz CT molecular complexity index is 616. The fourth-order valence-corrected chi connectivity index (χ4v) is 6.82. The lowest BCUT2D eigenvalue weighted by molar-refractivity contribution is -0.173. The highest BCUT2D eigenvalue weighted by molar-refractivity contribution is 5.25. The first-order valence-electron chi connectivity index (χ1n) is 13.3. The van der Waals surface area contributed by atoms with Gasteiger partial charge in [0.05, 0.1) is 12.1 Å². The van der Waals surface area contributed by atoms with E-state index < -0.39 is 0 Å². The van der Waals surface area contributed by atoms with Crippen LogP contribution in [0.25, 0.3) is 0 Å². The zero-order valence-corrected chi connectivity index (χ0v) is 20.5. The van der Waals surface area contributed by atoms with Crippen LogP contribution in [0.3, 0.4) is 0 Å². The monoisotopic (exact) mass is 433 g/mol. The largest absolute Gasteiger partial charge is 0.412 e. The minimum absolute atomic E-state index is 0.0492. The molecule has 2 aliphatic carbocycles. The second-order valence-corrected chi connectivity index (χ2v) is 11.7. The summed E-state index contributed by atoms with van der Waals surface area (Å²) < 4.78 is 12.1. The summed E-state index contributed by atoms with van der Waals surface area (Å²) in [6, 6.07) is 0. The summed E-state index contributed by atoms with van der Waals surface area (Å²) in [6.07, 6.45) is 20.7. The van der Waals surface area contributed by atoms with Gasteiger partial charge in [0.15, 0.2) is 6.29 Å². The molecule has 0 aromatic heterocycles. The summed E-state index contributed by atoms with van der Waals surface area (Å²) >= 11 is 0. The van der Waals surface area contributed by atoms with Crippen molar-refractivity contribution >= 4 is 0 Å². The van der Waals surface area contributed by atoms with Crippen molar-refractivity contribution in [2.45, 2.75) is 128 Å². The molecule has 4 aliphatic rings. The van der Waals surface area contributed by atoms with Crippen LogP contribution in [0.4, 0.5) is 0 Å². The molecule has 4 atom stereocenters. The summed E-state index contributed by atoms with van der Waals surface area (Å²) in [7, 11) is 1.82. The molecular formula is C27H47NO3. The van der Waals surface area contributed by atoms with Crippen LogP contribution in [0.1, 0.15) is 117 Å². The number of hydroxylamine groups is 1. The molecule has 4 rings (SSSR count). The van der Waals surface area contributed by atoms with Gasteiger partial charge >= 0.3 is 0 Å². The van der Waals surface area contributed by atoms with Crippen LogP contribution in [0.15, 0.2) is 11.3 Å². The van der Waals surface area contributed by atoms with Crippen molar-refractivity contribution in [1.82, 2.24) is 5.48 Å². The number of allylic oxidation sites excluding steroid dienone is 1. The number of methoxy groups -OCH3 is 1. The van der Waals surface area contributed by atoms with E-state index in [1.54, 1.807) is 0 Å². The van der Waals surface area contributed by atoms with Crippen molar-refractivity contribution in [3.63, 3.8) is 0 Å². The van der Waals surface area contributed by atoms with Gasteiger partial charge in [-0.3, -0.25) is 0 Å². The number of nitrogens with one attached hydrogen (secondary N) is 1. The molecule has 0 aromatic carbocycles. The molecule has 4 unspecified atom stereocenters. The Labute approximate surface area is 190 Å². The summed E-state index contributed by atoms with van der Waals surface area (Å²) in [5.74, 6) is 2.22. The molecule has 178 valence electrons. The summed E-state index contributed by atoms with van der Waals surface area (Å²) in [4.78, 5) is 6.38. The highest BCUT2D eigenvalue weighted by Gasteiger charge is 2.53. The lowest BCUT2D eigenvalue weighted by Crippen LogP contribution is -2.49. The van der Waals surface area contributed by atoms with Gasteiger partial charge in [-0.25, -0.2) is 0 Å². The predicted octanol–water partition coefficient (Wildman–Crippen LogP) is 7.04. The standard InChI is InChI=1S/C27H47NO3/c1-26(2)14-12-10-8-6-4-5-7-9-11-13-15-27-16-17-30-25(29-3)21-18-22(20-26)24(31-28-27)23(27)19-21/h21,23,25,28H,4-20H2,1-3H3. The van der Waals surface area contributed by atoms with Gasteiger partial charge in [0.1, 0.15) is 5.76 Å². The average Bonchev–Trinajstić information content (AvgIpc) is 3.07. The smallest absolute Gasteiger partial charge is 0.160 e. The molecule has 0 aromatic rings. The van der Waals surface area contributed by atoms with Crippen molar-refractivity contribution < 1.29 is 14.3 Å². The van der Waals surface area contributed by atoms with Crippen molar-refractivity contribution in [2.75, 3.05) is 13.7 Å². The summed E-state index contributed by atoms with van der Waals surface area (Å²) in [5, 5.41) is 0. The van der Waals surface area contributed by atoms with Crippen LogP contribution in [0.2, 0.25) is 0 Å². The highest BCUT2D eigenvalue weighted by Crippen LogP contribution is 2.52. The maximum Gasteiger partial charge on any atom is 0.160 e. The average molecular weight is 434 g/mol. The van der Waals surface area contributed by atoms with Gasteiger partial charge in [0.25, 0.3) is 0 Å². The Balaban J connectivity index is 1.58. The van der Waals surface area contributed by atoms with E-state index in [0.717, 1.165) is 32.3 Å². The molecule has 0 radical (unpaired) electrons. The fraction of sp³-hybridized carbons (Fsp3) is 0.926. The molecule has 31 heavy (non-hydrogen) atoms. The molecule has 5 bridgehead atoms.